The second-order valence-corrected chi connectivity index (χ2v) is 4.75. The third-order valence-corrected chi connectivity index (χ3v) is 3.28. The standard InChI is InChI=1S/C15H21N5O/c1-3-13-6-11(4-5-14(13)15(17)19-21-2)9-20-10-12(7-16)8-18-20/h4-6,8,10H,3,7,9,16H2,1-2H3,(H2,17,19). The van der Waals surface area contributed by atoms with Crippen LogP contribution in [0.3, 0.4) is 0 Å². The van der Waals surface area contributed by atoms with Gasteiger partial charge in [0.1, 0.15) is 7.11 Å². The summed E-state index contributed by atoms with van der Waals surface area (Å²) in [6.07, 6.45) is 4.62. The van der Waals surface area contributed by atoms with Crippen LogP contribution in [-0.2, 0) is 24.3 Å². The lowest BCUT2D eigenvalue weighted by Gasteiger charge is -2.10. The molecule has 112 valence electrons. The first kappa shape index (κ1) is 15.1. The Kier molecular flexibility index (Phi) is 4.94. The van der Waals surface area contributed by atoms with E-state index in [0.29, 0.717) is 18.9 Å². The highest BCUT2D eigenvalue weighted by atomic mass is 16.6. The Labute approximate surface area is 124 Å². The smallest absolute Gasteiger partial charge is 0.170 e. The van der Waals surface area contributed by atoms with Gasteiger partial charge in [-0.3, -0.25) is 4.68 Å². The molecule has 0 bridgehead atoms. The maximum absolute atomic E-state index is 5.90. The molecule has 1 heterocycles. The minimum absolute atomic E-state index is 0.394. The summed E-state index contributed by atoms with van der Waals surface area (Å²) in [5.41, 5.74) is 15.7. The van der Waals surface area contributed by atoms with Gasteiger partial charge in [0.05, 0.1) is 12.7 Å². The maximum atomic E-state index is 5.90. The molecule has 0 unspecified atom stereocenters. The average molecular weight is 287 g/mol. The van der Waals surface area contributed by atoms with Crippen LogP contribution in [0.15, 0.2) is 35.7 Å². The molecular formula is C15H21N5O. The molecule has 0 radical (unpaired) electrons. The summed E-state index contributed by atoms with van der Waals surface area (Å²) < 4.78 is 1.88. The van der Waals surface area contributed by atoms with E-state index in [9.17, 15) is 0 Å². The summed E-state index contributed by atoms with van der Waals surface area (Å²) in [5, 5.41) is 8.09. The number of aromatic nitrogens is 2. The minimum Gasteiger partial charge on any atom is -0.397 e. The molecular weight excluding hydrogens is 266 g/mol. The number of hydrogen-bond donors (Lipinski definition) is 2. The van der Waals surface area contributed by atoms with E-state index in [1.807, 2.05) is 23.0 Å². The fraction of sp³-hybridized carbons (Fsp3) is 0.333. The van der Waals surface area contributed by atoms with Crippen molar-refractivity contribution in [1.29, 1.82) is 0 Å². The molecule has 0 aliphatic rings. The van der Waals surface area contributed by atoms with Gasteiger partial charge in [0.25, 0.3) is 0 Å². The molecule has 6 nitrogen and oxygen atoms in total. The van der Waals surface area contributed by atoms with Crippen molar-refractivity contribution in [3.63, 3.8) is 0 Å². The van der Waals surface area contributed by atoms with Crippen LogP contribution < -0.4 is 11.5 Å². The van der Waals surface area contributed by atoms with Crippen molar-refractivity contribution in [2.75, 3.05) is 7.11 Å². The number of aryl methyl sites for hydroxylation is 1. The second-order valence-electron chi connectivity index (χ2n) is 4.75. The fourth-order valence-corrected chi connectivity index (χ4v) is 2.22. The van der Waals surface area contributed by atoms with Crippen LogP contribution >= 0.6 is 0 Å². The third kappa shape index (κ3) is 3.61. The monoisotopic (exact) mass is 287 g/mol. The van der Waals surface area contributed by atoms with Crippen LogP contribution in [0.5, 0.6) is 0 Å². The molecule has 0 atom stereocenters. The molecule has 0 fully saturated rings. The molecule has 0 aliphatic carbocycles. The number of nitrogens with two attached hydrogens (primary N) is 2. The van der Waals surface area contributed by atoms with Gasteiger partial charge in [-0.05, 0) is 17.5 Å². The minimum atomic E-state index is 0.394. The van der Waals surface area contributed by atoms with Crippen molar-refractivity contribution >= 4 is 5.84 Å². The Morgan fingerprint density at radius 3 is 2.81 bits per heavy atom. The molecule has 4 N–H and O–H groups in total. The molecule has 0 saturated heterocycles. The van der Waals surface area contributed by atoms with E-state index >= 15 is 0 Å². The summed E-state index contributed by atoms with van der Waals surface area (Å²) in [4.78, 5) is 4.74. The number of rotatable bonds is 6. The van der Waals surface area contributed by atoms with Crippen LogP contribution in [0.1, 0.15) is 29.2 Å². The predicted octanol–water partition coefficient (Wildman–Crippen LogP) is 1.22. The number of oxime groups is 1. The van der Waals surface area contributed by atoms with Crippen molar-refractivity contribution in [2.24, 2.45) is 16.6 Å². The fourth-order valence-electron chi connectivity index (χ4n) is 2.22. The first-order valence-corrected chi connectivity index (χ1v) is 6.88. The topological polar surface area (TPSA) is 91.5 Å². The van der Waals surface area contributed by atoms with E-state index in [4.69, 9.17) is 16.3 Å². The molecule has 21 heavy (non-hydrogen) atoms. The van der Waals surface area contributed by atoms with Gasteiger partial charge >= 0.3 is 0 Å². The Morgan fingerprint density at radius 2 is 2.19 bits per heavy atom. The summed E-state index contributed by atoms with van der Waals surface area (Å²) in [6.45, 7) is 3.29. The van der Waals surface area contributed by atoms with E-state index in [2.05, 4.69) is 23.2 Å². The third-order valence-electron chi connectivity index (χ3n) is 3.28. The Morgan fingerprint density at radius 1 is 1.38 bits per heavy atom. The van der Waals surface area contributed by atoms with Gasteiger partial charge in [0, 0.05) is 23.9 Å². The van der Waals surface area contributed by atoms with Crippen LogP contribution in [0.4, 0.5) is 0 Å². The van der Waals surface area contributed by atoms with E-state index in [-0.39, 0.29) is 0 Å². The zero-order chi connectivity index (χ0) is 15.2. The van der Waals surface area contributed by atoms with Crippen molar-refractivity contribution in [3.05, 3.63) is 52.8 Å². The van der Waals surface area contributed by atoms with Gasteiger partial charge in [-0.2, -0.15) is 5.10 Å². The second kappa shape index (κ2) is 6.90. The lowest BCUT2D eigenvalue weighted by atomic mass is 10.0. The van der Waals surface area contributed by atoms with Gasteiger partial charge < -0.3 is 16.3 Å². The van der Waals surface area contributed by atoms with E-state index in [1.165, 1.54) is 7.11 Å². The highest BCUT2D eigenvalue weighted by Crippen LogP contribution is 2.14. The van der Waals surface area contributed by atoms with Crippen LogP contribution in [0.2, 0.25) is 0 Å². The molecule has 2 aromatic rings. The van der Waals surface area contributed by atoms with Gasteiger partial charge in [-0.25, -0.2) is 0 Å². The van der Waals surface area contributed by atoms with Gasteiger partial charge in [-0.15, -0.1) is 0 Å². The maximum Gasteiger partial charge on any atom is 0.170 e. The molecule has 2 rings (SSSR count). The largest absolute Gasteiger partial charge is 0.397 e. The molecule has 0 spiro atoms. The Balaban J connectivity index is 2.24. The van der Waals surface area contributed by atoms with Gasteiger partial charge in [-0.1, -0.05) is 30.3 Å². The first-order chi connectivity index (χ1) is 10.2. The molecule has 1 aromatic carbocycles. The van der Waals surface area contributed by atoms with E-state index in [1.54, 1.807) is 6.20 Å². The van der Waals surface area contributed by atoms with Crippen LogP contribution in [0.25, 0.3) is 0 Å². The van der Waals surface area contributed by atoms with Crippen LogP contribution in [-0.4, -0.2) is 22.7 Å². The summed E-state index contributed by atoms with van der Waals surface area (Å²) >= 11 is 0. The molecule has 0 amide bonds. The zero-order valence-electron chi connectivity index (χ0n) is 12.4. The summed E-state index contributed by atoms with van der Waals surface area (Å²) in [5.74, 6) is 0.394. The Bertz CT molecular complexity index is 633. The highest BCUT2D eigenvalue weighted by Gasteiger charge is 2.08. The number of benzene rings is 1. The number of amidine groups is 1. The molecule has 0 saturated carbocycles. The number of hydrogen-bond acceptors (Lipinski definition) is 4. The van der Waals surface area contributed by atoms with Gasteiger partial charge in [0.15, 0.2) is 5.84 Å². The van der Waals surface area contributed by atoms with Crippen LogP contribution in [0, 0.1) is 0 Å². The van der Waals surface area contributed by atoms with E-state index in [0.717, 1.165) is 28.7 Å². The van der Waals surface area contributed by atoms with Gasteiger partial charge in [0.2, 0.25) is 0 Å². The number of nitrogens with zero attached hydrogens (tertiary/aromatic N) is 3. The summed E-state index contributed by atoms with van der Waals surface area (Å²) in [6, 6.07) is 6.12. The van der Waals surface area contributed by atoms with E-state index < -0.39 is 0 Å². The summed E-state index contributed by atoms with van der Waals surface area (Å²) in [7, 11) is 1.49. The SMILES string of the molecule is CCc1cc(Cn2cc(CN)cn2)ccc1/C(N)=N\OC. The lowest BCUT2D eigenvalue weighted by Crippen LogP contribution is -2.16. The molecule has 1 aromatic heterocycles. The van der Waals surface area contributed by atoms with Crippen molar-refractivity contribution in [3.8, 4) is 0 Å². The zero-order valence-corrected chi connectivity index (χ0v) is 12.4. The normalized spacial score (nSPS) is 11.7. The van der Waals surface area contributed by atoms with Crippen molar-refractivity contribution in [1.82, 2.24) is 9.78 Å². The molecule has 6 heteroatoms. The Hall–Kier alpha value is -2.34. The van der Waals surface area contributed by atoms with Crippen molar-refractivity contribution < 1.29 is 4.84 Å². The van der Waals surface area contributed by atoms with Crippen molar-refractivity contribution in [2.45, 2.75) is 26.4 Å². The average Bonchev–Trinajstić information content (AvgIpc) is 2.95. The quantitative estimate of drug-likeness (QED) is 0.475. The molecule has 0 aliphatic heterocycles. The predicted molar refractivity (Wildman–Crippen MR) is 82.8 cm³/mol. The lowest BCUT2D eigenvalue weighted by molar-refractivity contribution is 0.213. The highest BCUT2D eigenvalue weighted by molar-refractivity contribution is 5.98. The first-order valence-electron chi connectivity index (χ1n) is 6.88.